The molecule has 0 atom stereocenters. The molecular weight excluding hydrogens is 233 g/mol. The molecule has 1 heterocycles. The fourth-order valence-corrected chi connectivity index (χ4v) is 1.46. The van der Waals surface area contributed by atoms with Crippen LogP contribution in [0, 0.1) is 5.82 Å². The Hall–Kier alpha value is -1.88. The zero-order chi connectivity index (χ0) is 11.7. The molecule has 6 heteroatoms. The molecule has 0 saturated carbocycles. The summed E-state index contributed by atoms with van der Waals surface area (Å²) in [6.07, 6.45) is 0. The molecule has 0 fully saturated rings. The second-order valence-electron chi connectivity index (χ2n) is 3.14. The topological polar surface area (TPSA) is 71.8 Å². The van der Waals surface area contributed by atoms with Crippen LogP contribution in [0.1, 0.15) is 0 Å². The Balaban J connectivity index is 2.58. The zero-order valence-electron chi connectivity index (χ0n) is 8.00. The number of aromatic amines is 1. The highest BCUT2D eigenvalue weighted by Crippen LogP contribution is 2.22. The quantitative estimate of drug-likeness (QED) is 0.797. The van der Waals surface area contributed by atoms with Crippen LogP contribution in [0.2, 0.25) is 5.02 Å². The van der Waals surface area contributed by atoms with Gasteiger partial charge in [0, 0.05) is 11.6 Å². The number of hydrogen-bond donors (Lipinski definition) is 2. The molecule has 0 radical (unpaired) electrons. The Labute approximate surface area is 94.9 Å². The van der Waals surface area contributed by atoms with Gasteiger partial charge in [-0.15, -0.1) is 0 Å². The Morgan fingerprint density at radius 1 is 1.38 bits per heavy atom. The summed E-state index contributed by atoms with van der Waals surface area (Å²) in [4.78, 5) is 17.4. The van der Waals surface area contributed by atoms with Crippen LogP contribution < -0.4 is 11.3 Å². The molecule has 1 aromatic heterocycles. The summed E-state index contributed by atoms with van der Waals surface area (Å²) in [7, 11) is 0. The van der Waals surface area contributed by atoms with Crippen molar-refractivity contribution in [2.75, 3.05) is 5.73 Å². The number of nitrogens with two attached hydrogens (primary N) is 1. The average Bonchev–Trinajstić information content (AvgIpc) is 2.20. The minimum Gasteiger partial charge on any atom is -0.369 e. The van der Waals surface area contributed by atoms with Crippen molar-refractivity contribution in [2.24, 2.45) is 0 Å². The van der Waals surface area contributed by atoms with Crippen LogP contribution in [-0.4, -0.2) is 9.97 Å². The zero-order valence-corrected chi connectivity index (χ0v) is 8.75. The highest BCUT2D eigenvalue weighted by molar-refractivity contribution is 6.31. The standard InChI is InChI=1S/C10H7ClFN3O/c11-6-3-5(1-2-7(6)12)8-4-9(16)15-10(13)14-8/h1-4H,(H3,13,14,15,16). The van der Waals surface area contributed by atoms with E-state index < -0.39 is 5.82 Å². The van der Waals surface area contributed by atoms with Crippen LogP contribution in [0.4, 0.5) is 10.3 Å². The molecule has 3 N–H and O–H groups in total. The van der Waals surface area contributed by atoms with Gasteiger partial charge < -0.3 is 5.73 Å². The van der Waals surface area contributed by atoms with Crippen LogP contribution in [-0.2, 0) is 0 Å². The van der Waals surface area contributed by atoms with Crippen LogP contribution >= 0.6 is 11.6 Å². The lowest BCUT2D eigenvalue weighted by molar-refractivity contribution is 0.628. The Morgan fingerprint density at radius 3 is 2.75 bits per heavy atom. The van der Waals surface area contributed by atoms with Crippen molar-refractivity contribution in [2.45, 2.75) is 0 Å². The summed E-state index contributed by atoms with van der Waals surface area (Å²) in [5, 5.41) is -0.0295. The molecule has 1 aromatic carbocycles. The van der Waals surface area contributed by atoms with Gasteiger partial charge in [0.2, 0.25) is 5.95 Å². The number of rotatable bonds is 1. The molecule has 0 saturated heterocycles. The first-order valence-corrected chi connectivity index (χ1v) is 4.76. The minimum absolute atomic E-state index is 0.00273. The molecule has 0 aliphatic heterocycles. The summed E-state index contributed by atoms with van der Waals surface area (Å²) in [5.74, 6) is -0.522. The van der Waals surface area contributed by atoms with E-state index in [1.807, 2.05) is 0 Å². The van der Waals surface area contributed by atoms with E-state index >= 15 is 0 Å². The highest BCUT2D eigenvalue weighted by Gasteiger charge is 2.05. The predicted molar refractivity (Wildman–Crippen MR) is 59.7 cm³/mol. The normalized spacial score (nSPS) is 10.4. The molecule has 2 rings (SSSR count). The first-order chi connectivity index (χ1) is 7.56. The molecule has 0 bridgehead atoms. The van der Waals surface area contributed by atoms with Crippen molar-refractivity contribution in [1.29, 1.82) is 0 Å². The number of hydrogen-bond acceptors (Lipinski definition) is 3. The molecule has 0 unspecified atom stereocenters. The predicted octanol–water partition coefficient (Wildman–Crippen LogP) is 1.81. The van der Waals surface area contributed by atoms with Crippen LogP contribution in [0.3, 0.4) is 0 Å². The van der Waals surface area contributed by atoms with E-state index in [2.05, 4.69) is 9.97 Å². The summed E-state index contributed by atoms with van der Waals surface area (Å²) in [5.41, 5.74) is 5.90. The van der Waals surface area contributed by atoms with Gasteiger partial charge in [0.05, 0.1) is 10.7 Å². The maximum absolute atomic E-state index is 12.9. The number of nitrogen functional groups attached to an aromatic ring is 1. The van der Waals surface area contributed by atoms with E-state index in [0.717, 1.165) is 0 Å². The monoisotopic (exact) mass is 239 g/mol. The van der Waals surface area contributed by atoms with Gasteiger partial charge in [0.25, 0.3) is 5.56 Å². The molecule has 0 amide bonds. The third-order valence-electron chi connectivity index (χ3n) is 1.98. The lowest BCUT2D eigenvalue weighted by Crippen LogP contribution is -2.10. The van der Waals surface area contributed by atoms with Gasteiger partial charge in [0.1, 0.15) is 5.82 Å². The van der Waals surface area contributed by atoms with Gasteiger partial charge in [-0.3, -0.25) is 9.78 Å². The second-order valence-corrected chi connectivity index (χ2v) is 3.55. The molecule has 0 aliphatic carbocycles. The van der Waals surface area contributed by atoms with Crippen molar-refractivity contribution < 1.29 is 4.39 Å². The van der Waals surface area contributed by atoms with Gasteiger partial charge in [-0.1, -0.05) is 11.6 Å². The van der Waals surface area contributed by atoms with Gasteiger partial charge in [-0.2, -0.15) is 0 Å². The molecule has 2 aromatic rings. The molecule has 0 spiro atoms. The number of aromatic nitrogens is 2. The summed E-state index contributed by atoms with van der Waals surface area (Å²) < 4.78 is 12.9. The smallest absolute Gasteiger partial charge is 0.252 e. The van der Waals surface area contributed by atoms with Crippen molar-refractivity contribution >= 4 is 17.5 Å². The van der Waals surface area contributed by atoms with Gasteiger partial charge in [-0.05, 0) is 18.2 Å². The largest absolute Gasteiger partial charge is 0.369 e. The Morgan fingerprint density at radius 2 is 2.12 bits per heavy atom. The molecular formula is C10H7ClFN3O. The summed E-state index contributed by atoms with van der Waals surface area (Å²) >= 11 is 5.62. The maximum Gasteiger partial charge on any atom is 0.252 e. The maximum atomic E-state index is 12.9. The number of nitrogens with one attached hydrogen (secondary N) is 1. The van der Waals surface area contributed by atoms with Crippen molar-refractivity contribution in [3.05, 3.63) is 45.5 Å². The number of nitrogens with zero attached hydrogens (tertiary/aromatic N) is 1. The van der Waals surface area contributed by atoms with Gasteiger partial charge in [0.15, 0.2) is 0 Å². The first kappa shape index (κ1) is 10.6. The third-order valence-corrected chi connectivity index (χ3v) is 2.26. The second kappa shape index (κ2) is 3.94. The third kappa shape index (κ3) is 2.04. The van der Waals surface area contributed by atoms with Crippen LogP contribution in [0.25, 0.3) is 11.3 Å². The average molecular weight is 240 g/mol. The van der Waals surface area contributed by atoms with Crippen molar-refractivity contribution in [1.82, 2.24) is 9.97 Å². The number of halogens is 2. The summed E-state index contributed by atoms with van der Waals surface area (Å²) in [6, 6.07) is 5.33. The Bertz CT molecular complexity index is 597. The van der Waals surface area contributed by atoms with E-state index in [9.17, 15) is 9.18 Å². The summed E-state index contributed by atoms with van der Waals surface area (Å²) in [6.45, 7) is 0. The fourth-order valence-electron chi connectivity index (χ4n) is 1.28. The van der Waals surface area contributed by atoms with Crippen LogP contribution in [0.5, 0.6) is 0 Å². The fraction of sp³-hybridized carbons (Fsp3) is 0. The molecule has 0 aliphatic rings. The number of anilines is 1. The lowest BCUT2D eigenvalue weighted by Gasteiger charge is -2.02. The van der Waals surface area contributed by atoms with E-state index in [0.29, 0.717) is 11.3 Å². The Kier molecular flexibility index (Phi) is 2.62. The van der Waals surface area contributed by atoms with E-state index in [1.165, 1.54) is 24.3 Å². The molecule has 82 valence electrons. The molecule has 4 nitrogen and oxygen atoms in total. The van der Waals surface area contributed by atoms with Crippen molar-refractivity contribution in [3.8, 4) is 11.3 Å². The first-order valence-electron chi connectivity index (χ1n) is 4.38. The SMILES string of the molecule is Nc1nc(-c2ccc(F)c(Cl)c2)cc(=O)[nH]1. The van der Waals surface area contributed by atoms with E-state index in [4.69, 9.17) is 17.3 Å². The number of benzene rings is 1. The minimum atomic E-state index is -0.525. The van der Waals surface area contributed by atoms with E-state index in [1.54, 1.807) is 0 Å². The highest BCUT2D eigenvalue weighted by atomic mass is 35.5. The molecule has 16 heavy (non-hydrogen) atoms. The van der Waals surface area contributed by atoms with Crippen LogP contribution in [0.15, 0.2) is 29.1 Å². The van der Waals surface area contributed by atoms with E-state index in [-0.39, 0.29) is 16.5 Å². The van der Waals surface area contributed by atoms with Gasteiger partial charge in [-0.25, -0.2) is 9.37 Å². The lowest BCUT2D eigenvalue weighted by atomic mass is 10.1. The number of H-pyrrole nitrogens is 1. The van der Waals surface area contributed by atoms with Crippen molar-refractivity contribution in [3.63, 3.8) is 0 Å². The van der Waals surface area contributed by atoms with Gasteiger partial charge >= 0.3 is 0 Å².